The summed E-state index contributed by atoms with van der Waals surface area (Å²) in [6.07, 6.45) is 1.09. The molecule has 104 valence electrons. The van der Waals surface area contributed by atoms with Crippen LogP contribution in [0.5, 0.6) is 0 Å². The molecule has 1 heteroatoms. The van der Waals surface area contributed by atoms with E-state index in [0.29, 0.717) is 0 Å². The maximum atomic E-state index is 3.47. The Kier molecular flexibility index (Phi) is 4.21. The molecule has 0 N–H and O–H groups in total. The Balaban J connectivity index is 1.87. The van der Waals surface area contributed by atoms with E-state index in [-0.39, 0.29) is 0 Å². The van der Waals surface area contributed by atoms with E-state index in [1.54, 1.807) is 0 Å². The van der Waals surface area contributed by atoms with Gasteiger partial charge in [-0.05, 0) is 46.4 Å². The van der Waals surface area contributed by atoms with Gasteiger partial charge in [0.05, 0.1) is 0 Å². The Bertz CT molecular complexity index is 707. The highest BCUT2D eigenvalue weighted by Gasteiger charge is 2.00. The third-order valence-electron chi connectivity index (χ3n) is 3.76. The third-order valence-corrected chi connectivity index (χ3v) is 4.29. The first-order chi connectivity index (χ1) is 10.3. The summed E-state index contributed by atoms with van der Waals surface area (Å²) >= 11 is 3.47. The molecule has 0 aliphatic heterocycles. The molecule has 0 radical (unpaired) electrons. The molecule has 0 bridgehead atoms. The van der Waals surface area contributed by atoms with Gasteiger partial charge >= 0.3 is 0 Å². The topological polar surface area (TPSA) is 0 Å². The van der Waals surface area contributed by atoms with Crippen LogP contribution in [0.3, 0.4) is 0 Å². The van der Waals surface area contributed by atoms with Crippen LogP contribution in [0, 0.1) is 0 Å². The number of halogens is 1. The summed E-state index contributed by atoms with van der Waals surface area (Å²) in [4.78, 5) is 0. The molecule has 0 aliphatic rings. The molecule has 3 aromatic carbocycles. The van der Waals surface area contributed by atoms with Crippen LogP contribution in [-0.4, -0.2) is 0 Å². The second kappa shape index (κ2) is 6.28. The predicted molar refractivity (Wildman–Crippen MR) is 94.4 cm³/mol. The SMILES string of the molecule is CCc1ccc(-c2ccc(-c3ccc(Br)cc3)cc2)cc1. The minimum atomic E-state index is 1.09. The maximum absolute atomic E-state index is 3.47. The van der Waals surface area contributed by atoms with Crippen LogP contribution < -0.4 is 0 Å². The molecule has 0 heterocycles. The van der Waals surface area contributed by atoms with E-state index in [0.717, 1.165) is 10.9 Å². The summed E-state index contributed by atoms with van der Waals surface area (Å²) in [5, 5.41) is 0. The molecule has 0 saturated heterocycles. The zero-order valence-electron chi connectivity index (χ0n) is 12.0. The van der Waals surface area contributed by atoms with Gasteiger partial charge in [0.2, 0.25) is 0 Å². The summed E-state index contributed by atoms with van der Waals surface area (Å²) in [6, 6.07) is 26.0. The largest absolute Gasteiger partial charge is 0.0613 e. The molecule has 0 unspecified atom stereocenters. The summed E-state index contributed by atoms with van der Waals surface area (Å²) < 4.78 is 1.11. The van der Waals surface area contributed by atoms with Crippen LogP contribution in [-0.2, 0) is 6.42 Å². The summed E-state index contributed by atoms with van der Waals surface area (Å²) in [5.41, 5.74) is 6.40. The van der Waals surface area contributed by atoms with Gasteiger partial charge in [-0.15, -0.1) is 0 Å². The molecular weight excluding hydrogens is 320 g/mol. The van der Waals surface area contributed by atoms with Crippen LogP contribution in [0.4, 0.5) is 0 Å². The van der Waals surface area contributed by atoms with Crippen molar-refractivity contribution >= 4 is 15.9 Å². The molecule has 0 atom stereocenters. The van der Waals surface area contributed by atoms with E-state index >= 15 is 0 Å². The molecule has 0 spiro atoms. The molecule has 3 aromatic rings. The second-order valence-electron chi connectivity index (χ2n) is 5.13. The lowest BCUT2D eigenvalue weighted by Gasteiger charge is -2.06. The molecule has 0 aromatic heterocycles. The van der Waals surface area contributed by atoms with Crippen LogP contribution in [0.25, 0.3) is 22.3 Å². The molecule has 21 heavy (non-hydrogen) atoms. The van der Waals surface area contributed by atoms with Crippen molar-refractivity contribution in [2.45, 2.75) is 13.3 Å². The Hall–Kier alpha value is -1.86. The molecular formula is C20H17Br. The second-order valence-corrected chi connectivity index (χ2v) is 6.05. The lowest BCUT2D eigenvalue weighted by molar-refractivity contribution is 1.14. The maximum Gasteiger partial charge on any atom is 0.0175 e. The summed E-state index contributed by atoms with van der Waals surface area (Å²) in [7, 11) is 0. The molecule has 3 rings (SSSR count). The van der Waals surface area contributed by atoms with E-state index in [9.17, 15) is 0 Å². The van der Waals surface area contributed by atoms with Crippen LogP contribution in [0.2, 0.25) is 0 Å². The smallest absolute Gasteiger partial charge is 0.0175 e. The predicted octanol–water partition coefficient (Wildman–Crippen LogP) is 6.35. The number of rotatable bonds is 3. The Morgan fingerprint density at radius 3 is 1.29 bits per heavy atom. The van der Waals surface area contributed by atoms with E-state index < -0.39 is 0 Å². The van der Waals surface area contributed by atoms with Crippen molar-refractivity contribution in [2.24, 2.45) is 0 Å². The molecule has 0 aliphatic carbocycles. The standard InChI is InChI=1S/C20H17Br/c1-2-15-3-5-16(6-4-15)17-7-9-18(10-8-17)19-11-13-20(21)14-12-19/h3-14H,2H2,1H3. The van der Waals surface area contributed by atoms with Gasteiger partial charge in [-0.2, -0.15) is 0 Å². The number of benzene rings is 3. The van der Waals surface area contributed by atoms with Crippen molar-refractivity contribution in [3.8, 4) is 22.3 Å². The average molecular weight is 337 g/mol. The van der Waals surface area contributed by atoms with Gasteiger partial charge in [0.1, 0.15) is 0 Å². The van der Waals surface area contributed by atoms with Crippen LogP contribution >= 0.6 is 15.9 Å². The van der Waals surface area contributed by atoms with Gasteiger partial charge in [-0.3, -0.25) is 0 Å². The fraction of sp³-hybridized carbons (Fsp3) is 0.100. The number of hydrogen-bond acceptors (Lipinski definition) is 0. The Morgan fingerprint density at radius 2 is 0.905 bits per heavy atom. The van der Waals surface area contributed by atoms with E-state index in [4.69, 9.17) is 0 Å². The van der Waals surface area contributed by atoms with E-state index in [1.165, 1.54) is 27.8 Å². The van der Waals surface area contributed by atoms with Gasteiger partial charge in [0.15, 0.2) is 0 Å². The quantitative estimate of drug-likeness (QED) is 0.523. The highest BCUT2D eigenvalue weighted by Crippen LogP contribution is 2.26. The zero-order valence-corrected chi connectivity index (χ0v) is 13.6. The van der Waals surface area contributed by atoms with Crippen molar-refractivity contribution in [3.63, 3.8) is 0 Å². The van der Waals surface area contributed by atoms with Gasteiger partial charge < -0.3 is 0 Å². The molecule has 0 amide bonds. The molecule has 0 saturated carbocycles. The van der Waals surface area contributed by atoms with Gasteiger partial charge in [-0.1, -0.05) is 83.5 Å². The van der Waals surface area contributed by atoms with E-state index in [1.807, 2.05) is 0 Å². The third kappa shape index (κ3) is 3.25. The molecule has 0 fully saturated rings. The average Bonchev–Trinajstić information content (AvgIpc) is 2.56. The van der Waals surface area contributed by atoms with Crippen molar-refractivity contribution in [2.75, 3.05) is 0 Å². The summed E-state index contributed by atoms with van der Waals surface area (Å²) in [6.45, 7) is 2.18. The summed E-state index contributed by atoms with van der Waals surface area (Å²) in [5.74, 6) is 0. The van der Waals surface area contributed by atoms with Crippen molar-refractivity contribution in [3.05, 3.63) is 82.8 Å². The Morgan fingerprint density at radius 1 is 0.571 bits per heavy atom. The van der Waals surface area contributed by atoms with Crippen molar-refractivity contribution < 1.29 is 0 Å². The molecule has 0 nitrogen and oxygen atoms in total. The van der Waals surface area contributed by atoms with Crippen LogP contribution in [0.1, 0.15) is 12.5 Å². The highest BCUT2D eigenvalue weighted by atomic mass is 79.9. The van der Waals surface area contributed by atoms with E-state index in [2.05, 4.69) is 95.7 Å². The lowest BCUT2D eigenvalue weighted by atomic mass is 9.99. The minimum Gasteiger partial charge on any atom is -0.0613 e. The van der Waals surface area contributed by atoms with Gasteiger partial charge in [0.25, 0.3) is 0 Å². The fourth-order valence-corrected chi connectivity index (χ4v) is 2.69. The number of hydrogen-bond donors (Lipinski definition) is 0. The van der Waals surface area contributed by atoms with Gasteiger partial charge in [0, 0.05) is 4.47 Å². The number of aryl methyl sites for hydroxylation is 1. The Labute approximate surface area is 134 Å². The highest BCUT2D eigenvalue weighted by molar-refractivity contribution is 9.10. The zero-order chi connectivity index (χ0) is 14.7. The minimum absolute atomic E-state index is 1.09. The first kappa shape index (κ1) is 14.1. The lowest BCUT2D eigenvalue weighted by Crippen LogP contribution is -1.82. The van der Waals surface area contributed by atoms with Crippen molar-refractivity contribution in [1.29, 1.82) is 0 Å². The normalized spacial score (nSPS) is 10.6. The first-order valence-corrected chi connectivity index (χ1v) is 8.01. The van der Waals surface area contributed by atoms with Crippen molar-refractivity contribution in [1.82, 2.24) is 0 Å². The first-order valence-electron chi connectivity index (χ1n) is 7.21. The monoisotopic (exact) mass is 336 g/mol. The fourth-order valence-electron chi connectivity index (χ4n) is 2.43. The van der Waals surface area contributed by atoms with Crippen LogP contribution in [0.15, 0.2) is 77.3 Å². The van der Waals surface area contributed by atoms with Gasteiger partial charge in [-0.25, -0.2) is 0 Å².